The van der Waals surface area contributed by atoms with E-state index in [1.54, 1.807) is 32.1 Å². The fraction of sp³-hybridized carbons (Fsp3) is 0.533. The Morgan fingerprint density at radius 3 is 2.61 bits per heavy atom. The summed E-state index contributed by atoms with van der Waals surface area (Å²) >= 11 is 3.04. The molecule has 0 radical (unpaired) electrons. The molecule has 6 nitrogen and oxygen atoms in total. The smallest absolute Gasteiger partial charge is 0.321 e. The number of carbonyl (C=O) groups excluding carboxylic acids is 3. The van der Waals surface area contributed by atoms with Crippen LogP contribution in [0.15, 0.2) is 17.5 Å². The summed E-state index contributed by atoms with van der Waals surface area (Å²) < 4.78 is 5.01. The molecule has 0 aromatic carbocycles. The van der Waals surface area contributed by atoms with E-state index in [1.165, 1.54) is 23.6 Å². The van der Waals surface area contributed by atoms with Crippen molar-refractivity contribution in [2.24, 2.45) is 0 Å². The van der Waals surface area contributed by atoms with E-state index < -0.39 is 29.6 Å². The topological polar surface area (TPSA) is 84.5 Å². The number of rotatable bonds is 6. The Morgan fingerprint density at radius 1 is 1.35 bits per heavy atom. The highest BCUT2D eigenvalue weighted by Gasteiger charge is 2.22. The Labute approximate surface area is 144 Å². The van der Waals surface area contributed by atoms with Crippen molar-refractivity contribution in [1.29, 1.82) is 0 Å². The van der Waals surface area contributed by atoms with Gasteiger partial charge in [0.25, 0.3) is 5.91 Å². The summed E-state index contributed by atoms with van der Waals surface area (Å²) in [5.74, 6) is -0.251. The first-order chi connectivity index (χ1) is 10.7. The molecule has 128 valence electrons. The molecule has 2 N–H and O–H groups in total. The number of ether oxygens (including phenoxy) is 1. The maximum Gasteiger partial charge on any atom is 0.321 e. The van der Waals surface area contributed by atoms with Crippen LogP contribution in [0.5, 0.6) is 0 Å². The van der Waals surface area contributed by atoms with E-state index in [0.29, 0.717) is 0 Å². The molecule has 0 spiro atoms. The molecule has 1 aromatic heterocycles. The Balaban J connectivity index is 2.27. The molecule has 0 bridgehead atoms. The molecule has 0 saturated carbocycles. The second kappa shape index (κ2) is 8.93. The van der Waals surface area contributed by atoms with Gasteiger partial charge in [-0.3, -0.25) is 14.9 Å². The number of hydrogen-bond donors (Lipinski definition) is 2. The van der Waals surface area contributed by atoms with Crippen molar-refractivity contribution in [3.63, 3.8) is 0 Å². The van der Waals surface area contributed by atoms with Crippen LogP contribution < -0.4 is 10.6 Å². The van der Waals surface area contributed by atoms with Gasteiger partial charge in [-0.05, 0) is 39.1 Å². The number of carbonyl (C=O) groups is 3. The van der Waals surface area contributed by atoms with Crippen molar-refractivity contribution in [3.8, 4) is 0 Å². The average molecular weight is 358 g/mol. The largest absolute Gasteiger partial charge is 0.452 e. The minimum atomic E-state index is -1.02. The lowest BCUT2D eigenvalue weighted by Crippen LogP contribution is -2.50. The standard InChI is InChI=1S/C15H22N2O4S2/c1-10(13(19)16-14(20)17-15(2,3)4)21-12(18)9-22-8-11-6-5-7-23-11/h5-7,10H,8-9H2,1-4H3,(H2,16,17,19,20)/t10-/m0/s1. The number of urea groups is 1. The minimum absolute atomic E-state index is 0.156. The third kappa shape index (κ3) is 8.61. The molecule has 1 rings (SSSR count). The zero-order chi connectivity index (χ0) is 17.5. The second-order valence-electron chi connectivity index (χ2n) is 5.90. The summed E-state index contributed by atoms with van der Waals surface area (Å²) in [6, 6.07) is 3.33. The number of nitrogens with one attached hydrogen (secondary N) is 2. The second-order valence-corrected chi connectivity index (χ2v) is 7.92. The maximum atomic E-state index is 11.8. The number of hydrogen-bond acceptors (Lipinski definition) is 6. The Kier molecular flexibility index (Phi) is 7.57. The monoisotopic (exact) mass is 358 g/mol. The number of thiophene rings is 1. The highest BCUT2D eigenvalue weighted by atomic mass is 32.2. The Bertz CT molecular complexity index is 538. The van der Waals surface area contributed by atoms with Gasteiger partial charge >= 0.3 is 12.0 Å². The van der Waals surface area contributed by atoms with Crippen LogP contribution in [0, 0.1) is 0 Å². The number of amides is 3. The average Bonchev–Trinajstić information content (AvgIpc) is 2.89. The molecular weight excluding hydrogens is 336 g/mol. The molecule has 0 unspecified atom stereocenters. The van der Waals surface area contributed by atoms with Crippen molar-refractivity contribution in [2.75, 3.05) is 5.75 Å². The summed E-state index contributed by atoms with van der Waals surface area (Å²) in [4.78, 5) is 36.2. The molecule has 1 aromatic rings. The minimum Gasteiger partial charge on any atom is -0.452 e. The fourth-order valence-corrected chi connectivity index (χ4v) is 3.15. The first-order valence-corrected chi connectivity index (χ1v) is 9.13. The molecule has 0 aliphatic heterocycles. The molecule has 8 heteroatoms. The normalized spacial score (nSPS) is 12.3. The van der Waals surface area contributed by atoms with Gasteiger partial charge in [-0.2, -0.15) is 0 Å². The van der Waals surface area contributed by atoms with Crippen LogP contribution in [0.4, 0.5) is 4.79 Å². The van der Waals surface area contributed by atoms with E-state index in [4.69, 9.17) is 4.74 Å². The van der Waals surface area contributed by atoms with Crippen molar-refractivity contribution in [2.45, 2.75) is 45.1 Å². The van der Waals surface area contributed by atoms with Gasteiger partial charge in [0, 0.05) is 16.2 Å². The molecule has 0 fully saturated rings. The van der Waals surface area contributed by atoms with Crippen molar-refractivity contribution < 1.29 is 19.1 Å². The van der Waals surface area contributed by atoms with Crippen LogP contribution >= 0.6 is 23.1 Å². The lowest BCUT2D eigenvalue weighted by atomic mass is 10.1. The van der Waals surface area contributed by atoms with E-state index in [1.807, 2.05) is 17.5 Å². The van der Waals surface area contributed by atoms with Gasteiger partial charge in [-0.15, -0.1) is 23.1 Å². The molecule has 1 heterocycles. The first kappa shape index (κ1) is 19.5. The van der Waals surface area contributed by atoms with Crippen molar-refractivity contribution >= 4 is 41.0 Å². The zero-order valence-electron chi connectivity index (χ0n) is 13.7. The van der Waals surface area contributed by atoms with Crippen LogP contribution in [-0.2, 0) is 20.1 Å². The quantitative estimate of drug-likeness (QED) is 0.764. The maximum absolute atomic E-state index is 11.8. The van der Waals surface area contributed by atoms with Crippen LogP contribution in [0.25, 0.3) is 0 Å². The summed E-state index contributed by atoms with van der Waals surface area (Å²) in [5.41, 5.74) is -0.456. The zero-order valence-corrected chi connectivity index (χ0v) is 15.3. The highest BCUT2D eigenvalue weighted by molar-refractivity contribution is 7.99. The number of esters is 1. The summed E-state index contributed by atoms with van der Waals surface area (Å²) in [7, 11) is 0. The van der Waals surface area contributed by atoms with Gasteiger partial charge in [0.2, 0.25) is 0 Å². The van der Waals surface area contributed by atoms with Crippen LogP contribution in [0.1, 0.15) is 32.6 Å². The molecule has 23 heavy (non-hydrogen) atoms. The molecular formula is C15H22N2O4S2. The third-order valence-corrected chi connectivity index (χ3v) is 4.46. The van der Waals surface area contributed by atoms with Crippen LogP contribution in [0.2, 0.25) is 0 Å². The van der Waals surface area contributed by atoms with E-state index in [9.17, 15) is 14.4 Å². The summed E-state index contributed by atoms with van der Waals surface area (Å²) in [6.07, 6.45) is -1.02. The molecule has 0 saturated heterocycles. The predicted octanol–water partition coefficient (Wildman–Crippen LogP) is 2.54. The van der Waals surface area contributed by atoms with E-state index in [-0.39, 0.29) is 5.75 Å². The fourth-order valence-electron chi connectivity index (χ4n) is 1.50. The first-order valence-electron chi connectivity index (χ1n) is 7.10. The van der Waals surface area contributed by atoms with Crippen LogP contribution in [-0.4, -0.2) is 35.3 Å². The van der Waals surface area contributed by atoms with Gasteiger partial charge < -0.3 is 10.1 Å². The number of imide groups is 1. The van der Waals surface area contributed by atoms with Crippen molar-refractivity contribution in [1.82, 2.24) is 10.6 Å². The lowest BCUT2D eigenvalue weighted by Gasteiger charge is -2.21. The summed E-state index contributed by atoms with van der Waals surface area (Å²) in [6.45, 7) is 6.82. The Morgan fingerprint density at radius 2 is 2.04 bits per heavy atom. The molecule has 0 aliphatic carbocycles. The van der Waals surface area contributed by atoms with Crippen molar-refractivity contribution in [3.05, 3.63) is 22.4 Å². The van der Waals surface area contributed by atoms with Gasteiger partial charge in [0.05, 0.1) is 5.75 Å². The van der Waals surface area contributed by atoms with Gasteiger partial charge in [0.1, 0.15) is 0 Å². The van der Waals surface area contributed by atoms with E-state index >= 15 is 0 Å². The molecule has 1 atom stereocenters. The Hall–Kier alpha value is -1.54. The summed E-state index contributed by atoms with van der Waals surface area (Å²) in [5, 5.41) is 6.72. The lowest BCUT2D eigenvalue weighted by molar-refractivity contribution is -0.151. The number of thioether (sulfide) groups is 1. The molecule has 0 aliphatic rings. The van der Waals surface area contributed by atoms with Gasteiger partial charge in [0.15, 0.2) is 6.10 Å². The predicted molar refractivity (Wildman–Crippen MR) is 92.5 cm³/mol. The van der Waals surface area contributed by atoms with E-state index in [2.05, 4.69) is 10.6 Å². The van der Waals surface area contributed by atoms with Crippen LogP contribution in [0.3, 0.4) is 0 Å². The SMILES string of the molecule is C[C@H](OC(=O)CSCc1cccs1)C(=O)NC(=O)NC(C)(C)C. The van der Waals surface area contributed by atoms with Gasteiger partial charge in [-0.25, -0.2) is 4.79 Å². The van der Waals surface area contributed by atoms with E-state index in [0.717, 1.165) is 5.75 Å². The van der Waals surface area contributed by atoms with Gasteiger partial charge in [-0.1, -0.05) is 6.07 Å². The third-order valence-electron chi connectivity index (χ3n) is 2.45. The molecule has 3 amide bonds. The highest BCUT2D eigenvalue weighted by Crippen LogP contribution is 2.17.